The Hall–Kier alpha value is -1.96. The minimum absolute atomic E-state index is 0.0311. The first kappa shape index (κ1) is 11.5. The SMILES string of the molecule is Cc1[nH]ncc1S(=O)(=O)Nc1ccc(F)cn1. The second-order valence-electron chi connectivity index (χ2n) is 3.33. The summed E-state index contributed by atoms with van der Waals surface area (Å²) < 4.78 is 38.6. The summed E-state index contributed by atoms with van der Waals surface area (Å²) >= 11 is 0. The van der Waals surface area contributed by atoms with E-state index in [0.717, 1.165) is 12.3 Å². The molecule has 2 aromatic heterocycles. The summed E-state index contributed by atoms with van der Waals surface area (Å²) in [6.07, 6.45) is 2.13. The smallest absolute Gasteiger partial charge is 0.266 e. The number of hydrogen-bond donors (Lipinski definition) is 2. The standard InChI is InChI=1S/C9H9FN4O2S/c1-6-8(5-12-13-6)17(15,16)14-9-3-2-7(10)4-11-9/h2-5H,1H3,(H,11,14)(H,12,13). The Bertz CT molecular complexity index is 621. The van der Waals surface area contributed by atoms with Crippen LogP contribution in [0.4, 0.5) is 10.2 Å². The molecule has 2 aromatic rings. The maximum Gasteiger partial charge on any atom is 0.266 e. The maximum atomic E-state index is 12.6. The van der Waals surface area contributed by atoms with Crippen molar-refractivity contribution in [2.24, 2.45) is 0 Å². The van der Waals surface area contributed by atoms with Gasteiger partial charge in [-0.15, -0.1) is 0 Å². The quantitative estimate of drug-likeness (QED) is 0.859. The first-order valence-corrected chi connectivity index (χ1v) is 6.12. The first-order chi connectivity index (χ1) is 7.99. The van der Waals surface area contributed by atoms with Gasteiger partial charge in [0.25, 0.3) is 10.0 Å². The van der Waals surface area contributed by atoms with Crippen LogP contribution in [0.3, 0.4) is 0 Å². The van der Waals surface area contributed by atoms with Crippen molar-refractivity contribution < 1.29 is 12.8 Å². The molecule has 8 heteroatoms. The van der Waals surface area contributed by atoms with Crippen LogP contribution in [0.2, 0.25) is 0 Å². The Morgan fingerprint density at radius 3 is 2.65 bits per heavy atom. The molecular formula is C9H9FN4O2S. The summed E-state index contributed by atoms with van der Waals surface area (Å²) in [4.78, 5) is 3.64. The predicted octanol–water partition coefficient (Wildman–Crippen LogP) is 1.05. The lowest BCUT2D eigenvalue weighted by molar-refractivity contribution is 0.600. The number of anilines is 1. The lowest BCUT2D eigenvalue weighted by Gasteiger charge is -2.05. The largest absolute Gasteiger partial charge is 0.281 e. The van der Waals surface area contributed by atoms with Gasteiger partial charge in [0.05, 0.1) is 18.1 Å². The van der Waals surface area contributed by atoms with E-state index in [2.05, 4.69) is 19.9 Å². The number of aromatic nitrogens is 3. The van der Waals surface area contributed by atoms with Gasteiger partial charge in [0.15, 0.2) is 0 Å². The van der Waals surface area contributed by atoms with Gasteiger partial charge in [0, 0.05) is 0 Å². The molecule has 17 heavy (non-hydrogen) atoms. The van der Waals surface area contributed by atoms with Crippen molar-refractivity contribution in [2.45, 2.75) is 11.8 Å². The number of halogens is 1. The van der Waals surface area contributed by atoms with Crippen LogP contribution in [-0.4, -0.2) is 23.6 Å². The summed E-state index contributed by atoms with van der Waals surface area (Å²) in [5.74, 6) is -0.487. The zero-order valence-corrected chi connectivity index (χ0v) is 9.62. The molecule has 0 saturated heterocycles. The van der Waals surface area contributed by atoms with Gasteiger partial charge in [-0.2, -0.15) is 5.10 Å². The van der Waals surface area contributed by atoms with E-state index >= 15 is 0 Å². The average Bonchev–Trinajstić information content (AvgIpc) is 2.68. The number of pyridine rings is 1. The molecule has 2 heterocycles. The number of sulfonamides is 1. The minimum atomic E-state index is -3.74. The summed E-state index contributed by atoms with van der Waals surface area (Å²) in [7, 11) is -3.74. The summed E-state index contributed by atoms with van der Waals surface area (Å²) in [6, 6.07) is 2.36. The second kappa shape index (κ2) is 4.13. The Morgan fingerprint density at radius 2 is 2.12 bits per heavy atom. The van der Waals surface area contributed by atoms with E-state index in [1.165, 1.54) is 12.3 Å². The highest BCUT2D eigenvalue weighted by Gasteiger charge is 2.18. The Labute approximate surface area is 96.9 Å². The van der Waals surface area contributed by atoms with Gasteiger partial charge in [-0.1, -0.05) is 0 Å². The third-order valence-electron chi connectivity index (χ3n) is 2.04. The molecule has 0 aliphatic rings. The molecule has 0 atom stereocenters. The third kappa shape index (κ3) is 2.41. The van der Waals surface area contributed by atoms with Crippen molar-refractivity contribution in [1.82, 2.24) is 15.2 Å². The highest BCUT2D eigenvalue weighted by molar-refractivity contribution is 7.92. The molecule has 0 radical (unpaired) electrons. The molecule has 0 fully saturated rings. The summed E-state index contributed by atoms with van der Waals surface area (Å²) in [6.45, 7) is 1.58. The van der Waals surface area contributed by atoms with Crippen LogP contribution in [-0.2, 0) is 10.0 Å². The monoisotopic (exact) mass is 256 g/mol. The van der Waals surface area contributed by atoms with Crippen molar-refractivity contribution in [2.75, 3.05) is 4.72 Å². The molecule has 0 aromatic carbocycles. The summed E-state index contributed by atoms with van der Waals surface area (Å²) in [5, 5.41) is 6.14. The normalized spacial score (nSPS) is 11.4. The highest BCUT2D eigenvalue weighted by Crippen LogP contribution is 2.15. The third-order valence-corrected chi connectivity index (χ3v) is 3.51. The number of aryl methyl sites for hydroxylation is 1. The van der Waals surface area contributed by atoms with Gasteiger partial charge in [-0.3, -0.25) is 9.82 Å². The van der Waals surface area contributed by atoms with E-state index in [0.29, 0.717) is 5.69 Å². The van der Waals surface area contributed by atoms with E-state index < -0.39 is 15.8 Å². The molecule has 6 nitrogen and oxygen atoms in total. The lowest BCUT2D eigenvalue weighted by atomic mass is 10.5. The van der Waals surface area contributed by atoms with Crippen LogP contribution in [0.25, 0.3) is 0 Å². The van der Waals surface area contributed by atoms with Gasteiger partial charge < -0.3 is 0 Å². The average molecular weight is 256 g/mol. The molecular weight excluding hydrogens is 247 g/mol. The van der Waals surface area contributed by atoms with Crippen LogP contribution in [0.1, 0.15) is 5.69 Å². The molecule has 0 amide bonds. The maximum absolute atomic E-state index is 12.6. The molecule has 2 rings (SSSR count). The number of nitrogens with one attached hydrogen (secondary N) is 2. The van der Waals surface area contributed by atoms with Gasteiger partial charge in [-0.05, 0) is 19.1 Å². The van der Waals surface area contributed by atoms with Crippen molar-refractivity contribution in [1.29, 1.82) is 0 Å². The number of nitrogens with zero attached hydrogens (tertiary/aromatic N) is 2. The zero-order chi connectivity index (χ0) is 12.5. The fraction of sp³-hybridized carbons (Fsp3) is 0.111. The minimum Gasteiger partial charge on any atom is -0.281 e. The molecule has 0 unspecified atom stereocenters. The van der Waals surface area contributed by atoms with Crippen LogP contribution in [0.15, 0.2) is 29.4 Å². The molecule has 90 valence electrons. The Morgan fingerprint density at radius 1 is 1.35 bits per heavy atom. The molecule has 2 N–H and O–H groups in total. The van der Waals surface area contributed by atoms with Crippen LogP contribution in [0, 0.1) is 12.7 Å². The van der Waals surface area contributed by atoms with E-state index in [1.54, 1.807) is 6.92 Å². The van der Waals surface area contributed by atoms with E-state index in [4.69, 9.17) is 0 Å². The molecule has 0 aliphatic carbocycles. The topological polar surface area (TPSA) is 87.7 Å². The van der Waals surface area contributed by atoms with Gasteiger partial charge >= 0.3 is 0 Å². The lowest BCUT2D eigenvalue weighted by Crippen LogP contribution is -2.14. The molecule has 0 bridgehead atoms. The molecule has 0 saturated carbocycles. The first-order valence-electron chi connectivity index (χ1n) is 4.63. The Kier molecular flexibility index (Phi) is 2.80. The number of aromatic amines is 1. The summed E-state index contributed by atoms with van der Waals surface area (Å²) in [5.41, 5.74) is 0.416. The van der Waals surface area contributed by atoms with Crippen molar-refractivity contribution >= 4 is 15.8 Å². The van der Waals surface area contributed by atoms with E-state index in [1.807, 2.05) is 0 Å². The van der Waals surface area contributed by atoms with Gasteiger partial charge in [0.1, 0.15) is 16.5 Å². The fourth-order valence-corrected chi connectivity index (χ4v) is 2.39. The van der Waals surface area contributed by atoms with Crippen molar-refractivity contribution in [3.05, 3.63) is 36.0 Å². The van der Waals surface area contributed by atoms with E-state index in [-0.39, 0.29) is 10.7 Å². The predicted molar refractivity (Wildman–Crippen MR) is 58.3 cm³/mol. The van der Waals surface area contributed by atoms with Gasteiger partial charge in [0.2, 0.25) is 0 Å². The van der Waals surface area contributed by atoms with Crippen LogP contribution >= 0.6 is 0 Å². The van der Waals surface area contributed by atoms with Crippen LogP contribution < -0.4 is 4.72 Å². The Balaban J connectivity index is 2.30. The van der Waals surface area contributed by atoms with Gasteiger partial charge in [-0.25, -0.2) is 17.8 Å². The fourth-order valence-electron chi connectivity index (χ4n) is 1.24. The number of rotatable bonds is 3. The number of H-pyrrole nitrogens is 1. The van der Waals surface area contributed by atoms with Crippen molar-refractivity contribution in [3.63, 3.8) is 0 Å². The molecule has 0 spiro atoms. The zero-order valence-electron chi connectivity index (χ0n) is 8.81. The second-order valence-corrected chi connectivity index (χ2v) is 4.98. The molecule has 0 aliphatic heterocycles. The number of hydrogen-bond acceptors (Lipinski definition) is 4. The van der Waals surface area contributed by atoms with E-state index in [9.17, 15) is 12.8 Å². The van der Waals surface area contributed by atoms with Crippen molar-refractivity contribution in [3.8, 4) is 0 Å². The highest BCUT2D eigenvalue weighted by atomic mass is 32.2. The van der Waals surface area contributed by atoms with Crippen LogP contribution in [0.5, 0.6) is 0 Å².